The van der Waals surface area contributed by atoms with Crippen LogP contribution in [-0.4, -0.2) is 23.9 Å². The topological polar surface area (TPSA) is 20.3 Å². The molecule has 0 saturated carbocycles. The van der Waals surface area contributed by atoms with E-state index >= 15 is 0 Å². The van der Waals surface area contributed by atoms with Gasteiger partial charge in [0.1, 0.15) is 0 Å². The molecule has 1 amide bonds. The Balaban J connectivity index is 3.10. The van der Waals surface area contributed by atoms with Gasteiger partial charge in [-0.2, -0.15) is 0 Å². The number of carbonyl (C=O) groups is 1. The van der Waals surface area contributed by atoms with Crippen LogP contribution in [0, 0.1) is 0 Å². The molecule has 1 rings (SSSR count). The summed E-state index contributed by atoms with van der Waals surface area (Å²) in [5.41, 5.74) is 0.516. The first-order chi connectivity index (χ1) is 7.51. The van der Waals surface area contributed by atoms with Crippen molar-refractivity contribution in [1.29, 1.82) is 0 Å². The number of rotatable bonds is 3. The lowest BCUT2D eigenvalue weighted by atomic mass is 10.2. The molecular weight excluding hydrogens is 313 g/mol. The molecule has 0 aliphatic heterocycles. The predicted molar refractivity (Wildman–Crippen MR) is 71.4 cm³/mol. The second-order valence-electron chi connectivity index (χ2n) is 3.23. The van der Waals surface area contributed by atoms with E-state index in [0.717, 1.165) is 0 Å². The summed E-state index contributed by atoms with van der Waals surface area (Å²) >= 11 is 15.1. The Hall–Kier alpha value is -0.250. The molecule has 0 bridgehead atoms. The Labute approximate surface area is 114 Å². The molecule has 0 aliphatic rings. The fourth-order valence-electron chi connectivity index (χ4n) is 1.37. The van der Waals surface area contributed by atoms with Crippen molar-refractivity contribution in [3.8, 4) is 0 Å². The summed E-state index contributed by atoms with van der Waals surface area (Å²) in [7, 11) is 0. The normalized spacial score (nSPS) is 10.3. The average Bonchev–Trinajstić information content (AvgIpc) is 2.26. The Bertz CT molecular complexity index is 382. The van der Waals surface area contributed by atoms with Gasteiger partial charge < -0.3 is 4.90 Å². The van der Waals surface area contributed by atoms with Crippen LogP contribution in [0.5, 0.6) is 0 Å². The van der Waals surface area contributed by atoms with Crippen LogP contribution in [-0.2, 0) is 0 Å². The van der Waals surface area contributed by atoms with Crippen LogP contribution < -0.4 is 0 Å². The molecule has 0 radical (unpaired) electrons. The van der Waals surface area contributed by atoms with Gasteiger partial charge in [0, 0.05) is 18.7 Å². The largest absolute Gasteiger partial charge is 0.339 e. The number of hydrogen-bond acceptors (Lipinski definition) is 1. The third-order valence-electron chi connectivity index (χ3n) is 2.28. The highest BCUT2D eigenvalue weighted by Crippen LogP contribution is 2.31. The molecule has 0 atom stereocenters. The summed E-state index contributed by atoms with van der Waals surface area (Å²) in [5.74, 6) is -0.0544. The average molecular weight is 325 g/mol. The maximum atomic E-state index is 12.0. The van der Waals surface area contributed by atoms with E-state index in [1.807, 2.05) is 13.8 Å². The van der Waals surface area contributed by atoms with Crippen LogP contribution in [0.25, 0.3) is 0 Å². The van der Waals surface area contributed by atoms with Crippen molar-refractivity contribution in [2.75, 3.05) is 13.1 Å². The van der Waals surface area contributed by atoms with E-state index < -0.39 is 0 Å². The van der Waals surface area contributed by atoms with Gasteiger partial charge in [-0.15, -0.1) is 0 Å². The highest BCUT2D eigenvalue weighted by Gasteiger charge is 2.15. The van der Waals surface area contributed by atoms with Crippen LogP contribution in [0.15, 0.2) is 16.6 Å². The van der Waals surface area contributed by atoms with Gasteiger partial charge in [-0.3, -0.25) is 4.79 Å². The van der Waals surface area contributed by atoms with Crippen LogP contribution in [0.3, 0.4) is 0 Å². The van der Waals surface area contributed by atoms with Crippen molar-refractivity contribution in [3.63, 3.8) is 0 Å². The maximum absolute atomic E-state index is 12.0. The van der Waals surface area contributed by atoms with E-state index in [1.54, 1.807) is 17.0 Å². The lowest BCUT2D eigenvalue weighted by Crippen LogP contribution is -2.30. The summed E-state index contributed by atoms with van der Waals surface area (Å²) in [4.78, 5) is 13.7. The Kier molecular flexibility index (Phi) is 5.09. The number of nitrogens with zero attached hydrogens (tertiary/aromatic N) is 1. The first-order valence-corrected chi connectivity index (χ1v) is 6.49. The molecule has 0 aromatic heterocycles. The number of carbonyl (C=O) groups excluding carboxylic acids is 1. The van der Waals surface area contributed by atoms with E-state index in [-0.39, 0.29) is 5.91 Å². The van der Waals surface area contributed by atoms with Crippen molar-refractivity contribution in [3.05, 3.63) is 32.2 Å². The second-order valence-corrected chi connectivity index (χ2v) is 4.84. The van der Waals surface area contributed by atoms with Crippen molar-refractivity contribution in [1.82, 2.24) is 4.90 Å². The molecule has 0 saturated heterocycles. The van der Waals surface area contributed by atoms with Gasteiger partial charge >= 0.3 is 0 Å². The lowest BCUT2D eigenvalue weighted by molar-refractivity contribution is 0.0773. The number of amides is 1. The summed E-state index contributed by atoms with van der Waals surface area (Å²) in [6.45, 7) is 5.20. The minimum Gasteiger partial charge on any atom is -0.339 e. The van der Waals surface area contributed by atoms with Crippen LogP contribution in [0.4, 0.5) is 0 Å². The van der Waals surface area contributed by atoms with Crippen molar-refractivity contribution >= 4 is 45.0 Å². The molecule has 0 unspecified atom stereocenters. The SMILES string of the molecule is CCN(CC)C(=O)c1cc(Cl)c(Br)c(Cl)c1. The molecule has 0 aliphatic carbocycles. The van der Waals surface area contributed by atoms with Crippen molar-refractivity contribution in [2.45, 2.75) is 13.8 Å². The Morgan fingerprint density at radius 2 is 1.69 bits per heavy atom. The Morgan fingerprint density at radius 3 is 2.06 bits per heavy atom. The van der Waals surface area contributed by atoms with Crippen molar-refractivity contribution in [2.24, 2.45) is 0 Å². The molecule has 0 fully saturated rings. The summed E-state index contributed by atoms with van der Waals surface area (Å²) in [6.07, 6.45) is 0. The quantitative estimate of drug-likeness (QED) is 0.762. The number of benzene rings is 1. The maximum Gasteiger partial charge on any atom is 0.253 e. The van der Waals surface area contributed by atoms with Gasteiger partial charge in [0.15, 0.2) is 0 Å². The van der Waals surface area contributed by atoms with E-state index in [2.05, 4.69) is 15.9 Å². The zero-order valence-corrected chi connectivity index (χ0v) is 12.2. The molecular formula is C11H12BrCl2NO. The van der Waals surface area contributed by atoms with Gasteiger partial charge in [-0.1, -0.05) is 23.2 Å². The third-order valence-corrected chi connectivity index (χ3v) is 4.19. The monoisotopic (exact) mass is 323 g/mol. The molecule has 2 nitrogen and oxygen atoms in total. The van der Waals surface area contributed by atoms with Crippen LogP contribution in [0.1, 0.15) is 24.2 Å². The molecule has 16 heavy (non-hydrogen) atoms. The highest BCUT2D eigenvalue weighted by atomic mass is 79.9. The van der Waals surface area contributed by atoms with Gasteiger partial charge in [0.05, 0.1) is 14.5 Å². The Morgan fingerprint density at radius 1 is 1.25 bits per heavy atom. The molecule has 0 N–H and O–H groups in total. The predicted octanol–water partition coefficient (Wildman–Crippen LogP) is 4.24. The first-order valence-electron chi connectivity index (χ1n) is 4.95. The van der Waals surface area contributed by atoms with Gasteiger partial charge in [0.25, 0.3) is 5.91 Å². The molecule has 0 heterocycles. The second kappa shape index (κ2) is 5.89. The van der Waals surface area contributed by atoms with Gasteiger partial charge in [0.2, 0.25) is 0 Å². The molecule has 5 heteroatoms. The first kappa shape index (κ1) is 13.8. The minimum absolute atomic E-state index is 0.0544. The third kappa shape index (κ3) is 2.90. The van der Waals surface area contributed by atoms with Gasteiger partial charge in [-0.05, 0) is 41.9 Å². The summed E-state index contributed by atoms with van der Waals surface area (Å²) in [5, 5.41) is 0.894. The van der Waals surface area contributed by atoms with Crippen molar-refractivity contribution < 1.29 is 4.79 Å². The molecule has 0 spiro atoms. The van der Waals surface area contributed by atoms with Crippen LogP contribution >= 0.6 is 39.1 Å². The number of hydrogen-bond donors (Lipinski definition) is 0. The van der Waals surface area contributed by atoms with E-state index in [1.165, 1.54) is 0 Å². The fourth-order valence-corrected chi connectivity index (χ4v) is 2.09. The summed E-state index contributed by atoms with van der Waals surface area (Å²) in [6, 6.07) is 3.25. The van der Waals surface area contributed by atoms with Crippen LogP contribution in [0.2, 0.25) is 10.0 Å². The zero-order valence-electron chi connectivity index (χ0n) is 9.06. The smallest absolute Gasteiger partial charge is 0.253 e. The lowest BCUT2D eigenvalue weighted by Gasteiger charge is -2.19. The highest BCUT2D eigenvalue weighted by molar-refractivity contribution is 9.10. The molecule has 1 aromatic rings. The number of halogens is 3. The van der Waals surface area contributed by atoms with Gasteiger partial charge in [-0.25, -0.2) is 0 Å². The standard InChI is InChI=1S/C11H12BrCl2NO/c1-3-15(4-2)11(16)7-5-8(13)10(12)9(14)6-7/h5-6H,3-4H2,1-2H3. The molecule has 1 aromatic carbocycles. The van der Waals surface area contributed by atoms with E-state index in [4.69, 9.17) is 23.2 Å². The fraction of sp³-hybridized carbons (Fsp3) is 0.364. The van der Waals surface area contributed by atoms with E-state index in [9.17, 15) is 4.79 Å². The minimum atomic E-state index is -0.0544. The summed E-state index contributed by atoms with van der Waals surface area (Å²) < 4.78 is 0.618. The molecule has 88 valence electrons. The van der Waals surface area contributed by atoms with E-state index in [0.29, 0.717) is 33.2 Å². The zero-order chi connectivity index (χ0) is 12.3.